The van der Waals surface area contributed by atoms with Gasteiger partial charge in [-0.2, -0.15) is 0 Å². The molecule has 2 aromatic rings. The summed E-state index contributed by atoms with van der Waals surface area (Å²) in [4.78, 5) is 4.85. The number of phenolic OH excluding ortho intramolecular Hbond substituents is 1. The van der Waals surface area contributed by atoms with Crippen molar-refractivity contribution in [2.45, 2.75) is 65.2 Å². The third-order valence-corrected chi connectivity index (χ3v) is 6.56. The number of piperazine rings is 1. The van der Waals surface area contributed by atoms with Gasteiger partial charge in [-0.3, -0.25) is 4.90 Å². The highest BCUT2D eigenvalue weighted by Gasteiger charge is 2.18. The zero-order valence-electron chi connectivity index (χ0n) is 26.0. The lowest BCUT2D eigenvalue weighted by Gasteiger charge is -2.32. The SMILES string of the molecule is CC.COCCN.COc1cc(O)c(C(N)Nc2ccc(CN3CCN(C)CC3)cc2)cc1C(C)C.NC1CC1. The first-order chi connectivity index (χ1) is 19.2. The van der Waals surface area contributed by atoms with E-state index in [-0.39, 0.29) is 11.7 Å². The number of likely N-dealkylation sites (N-methyl/N-ethyl adjacent to an activating group) is 1. The van der Waals surface area contributed by atoms with Crippen LogP contribution >= 0.6 is 0 Å². The number of aromatic hydroxyl groups is 1. The first kappa shape index (κ1) is 35.6. The molecule has 0 aromatic heterocycles. The summed E-state index contributed by atoms with van der Waals surface area (Å²) in [5.74, 6) is 1.09. The van der Waals surface area contributed by atoms with Crippen LogP contribution in [0.1, 0.15) is 69.3 Å². The molecule has 4 rings (SSSR count). The zero-order valence-corrected chi connectivity index (χ0v) is 26.0. The molecule has 1 aliphatic carbocycles. The number of hydrogen-bond acceptors (Lipinski definition) is 9. The number of methoxy groups -OCH3 is 2. The van der Waals surface area contributed by atoms with Crippen LogP contribution in [0.2, 0.25) is 0 Å². The highest BCUT2D eigenvalue weighted by Crippen LogP contribution is 2.35. The maximum absolute atomic E-state index is 10.4. The van der Waals surface area contributed by atoms with Gasteiger partial charge < -0.3 is 42.0 Å². The van der Waals surface area contributed by atoms with E-state index in [0.29, 0.717) is 30.5 Å². The van der Waals surface area contributed by atoms with Crippen LogP contribution in [-0.2, 0) is 11.3 Å². The standard InChI is InChI=1S/C23H34N4O2.C3H9NO.C3H7N.C2H6/c1-16(2)19-13-20(21(28)14-22(19)29-4)23(24)25-18-7-5-17(6-8-18)15-27-11-9-26(3)10-12-27;1-5-3-2-4;4-3-1-2-3;1-2/h5-8,13-14,16,23,25,28H,9-12,15,24H2,1-4H3;2-4H2,1H3;3H,1-2,4H2;1-2H3. The van der Waals surface area contributed by atoms with Gasteiger partial charge in [0.2, 0.25) is 0 Å². The largest absolute Gasteiger partial charge is 0.507 e. The van der Waals surface area contributed by atoms with E-state index >= 15 is 0 Å². The maximum atomic E-state index is 10.4. The van der Waals surface area contributed by atoms with Crippen molar-refractivity contribution < 1.29 is 14.6 Å². The number of anilines is 1. The summed E-state index contributed by atoms with van der Waals surface area (Å²) in [6.07, 6.45) is 2.02. The number of phenols is 1. The van der Waals surface area contributed by atoms with E-state index in [4.69, 9.17) is 21.9 Å². The number of rotatable bonds is 9. The number of nitrogens with zero attached hydrogens (tertiary/aromatic N) is 2. The van der Waals surface area contributed by atoms with Crippen LogP contribution in [0, 0.1) is 0 Å². The van der Waals surface area contributed by atoms with Crippen molar-refractivity contribution in [1.29, 1.82) is 0 Å². The molecule has 40 heavy (non-hydrogen) atoms. The Morgan fingerprint density at radius 3 is 2.00 bits per heavy atom. The Hall–Kier alpha value is -2.40. The molecule has 8 N–H and O–H groups in total. The number of ether oxygens (including phenoxy) is 2. The molecular weight excluding hydrogens is 504 g/mol. The summed E-state index contributed by atoms with van der Waals surface area (Å²) in [6, 6.07) is 12.5. The predicted octanol–water partition coefficient (Wildman–Crippen LogP) is 4.07. The fourth-order valence-corrected chi connectivity index (χ4v) is 3.92. The van der Waals surface area contributed by atoms with Crippen LogP contribution in [0.4, 0.5) is 5.69 Å². The van der Waals surface area contributed by atoms with E-state index in [2.05, 4.69) is 65.0 Å². The molecule has 1 atom stereocenters. The van der Waals surface area contributed by atoms with Gasteiger partial charge in [-0.1, -0.05) is 39.8 Å². The lowest BCUT2D eigenvalue weighted by Crippen LogP contribution is -2.43. The topological polar surface area (TPSA) is 135 Å². The minimum Gasteiger partial charge on any atom is -0.507 e. The lowest BCUT2D eigenvalue weighted by atomic mass is 9.97. The summed E-state index contributed by atoms with van der Waals surface area (Å²) in [5.41, 5.74) is 20.5. The highest BCUT2D eigenvalue weighted by atomic mass is 16.5. The monoisotopic (exact) mass is 560 g/mol. The van der Waals surface area contributed by atoms with Crippen molar-refractivity contribution in [3.8, 4) is 11.5 Å². The average Bonchev–Trinajstić information content (AvgIpc) is 3.74. The van der Waals surface area contributed by atoms with Gasteiger partial charge in [-0.05, 0) is 55.1 Å². The number of nitrogens with one attached hydrogen (secondary N) is 1. The summed E-state index contributed by atoms with van der Waals surface area (Å²) in [7, 11) is 5.42. The van der Waals surface area contributed by atoms with Gasteiger partial charge in [0.05, 0.1) is 13.7 Å². The number of benzene rings is 2. The molecule has 9 nitrogen and oxygen atoms in total. The molecule has 1 aliphatic heterocycles. The Labute approximate surface area is 243 Å². The molecule has 1 unspecified atom stereocenters. The van der Waals surface area contributed by atoms with Gasteiger partial charge in [0.25, 0.3) is 0 Å². The van der Waals surface area contributed by atoms with Crippen LogP contribution < -0.4 is 27.3 Å². The molecule has 0 radical (unpaired) electrons. The van der Waals surface area contributed by atoms with Gasteiger partial charge in [0.1, 0.15) is 17.7 Å². The quantitative estimate of drug-likeness (QED) is 0.288. The molecular formula is C31H56N6O3. The summed E-state index contributed by atoms with van der Waals surface area (Å²) < 4.78 is 9.96. The Morgan fingerprint density at radius 1 is 1.00 bits per heavy atom. The molecule has 2 fully saturated rings. The van der Waals surface area contributed by atoms with Crippen LogP contribution in [0.15, 0.2) is 36.4 Å². The normalized spacial score (nSPS) is 16.0. The molecule has 9 heteroatoms. The molecule has 2 aliphatic rings. The van der Waals surface area contributed by atoms with Crippen LogP contribution in [0.5, 0.6) is 11.5 Å². The molecule has 1 saturated carbocycles. The minimum absolute atomic E-state index is 0.137. The van der Waals surface area contributed by atoms with Crippen molar-refractivity contribution in [1.82, 2.24) is 9.80 Å². The van der Waals surface area contributed by atoms with Gasteiger partial charge in [0, 0.05) is 69.7 Å². The third-order valence-electron chi connectivity index (χ3n) is 6.56. The molecule has 0 spiro atoms. The molecule has 1 heterocycles. The first-order valence-corrected chi connectivity index (χ1v) is 14.6. The van der Waals surface area contributed by atoms with E-state index in [9.17, 15) is 5.11 Å². The number of hydrogen-bond donors (Lipinski definition) is 5. The molecule has 0 bridgehead atoms. The first-order valence-electron chi connectivity index (χ1n) is 14.6. The second kappa shape index (κ2) is 19.6. The summed E-state index contributed by atoms with van der Waals surface area (Å²) >= 11 is 0. The van der Waals surface area contributed by atoms with E-state index < -0.39 is 6.17 Å². The van der Waals surface area contributed by atoms with E-state index in [0.717, 1.165) is 44.0 Å². The molecule has 2 aromatic carbocycles. The van der Waals surface area contributed by atoms with Crippen LogP contribution in [-0.4, -0.2) is 81.5 Å². The molecule has 1 saturated heterocycles. The lowest BCUT2D eigenvalue weighted by molar-refractivity contribution is 0.148. The summed E-state index contributed by atoms with van der Waals surface area (Å²) in [6.45, 7) is 14.9. The van der Waals surface area contributed by atoms with Gasteiger partial charge in [0.15, 0.2) is 0 Å². The van der Waals surface area contributed by atoms with Gasteiger partial charge in [-0.15, -0.1) is 0 Å². The Bertz CT molecular complexity index is 927. The molecule has 228 valence electrons. The van der Waals surface area contributed by atoms with Crippen molar-refractivity contribution in [3.05, 3.63) is 53.1 Å². The Kier molecular flexibility index (Phi) is 17.5. The third kappa shape index (κ3) is 13.3. The minimum atomic E-state index is -0.512. The van der Waals surface area contributed by atoms with E-state index in [1.165, 1.54) is 18.4 Å². The Morgan fingerprint density at radius 2 is 1.57 bits per heavy atom. The fraction of sp³-hybridized carbons (Fsp3) is 0.613. The second-order valence-corrected chi connectivity index (χ2v) is 10.3. The van der Waals surface area contributed by atoms with Crippen molar-refractivity contribution >= 4 is 5.69 Å². The smallest absolute Gasteiger partial charge is 0.126 e. The van der Waals surface area contributed by atoms with Crippen LogP contribution in [0.3, 0.4) is 0 Å². The van der Waals surface area contributed by atoms with Gasteiger partial charge >= 0.3 is 0 Å². The van der Waals surface area contributed by atoms with Crippen molar-refractivity contribution in [2.75, 3.05) is 65.9 Å². The summed E-state index contributed by atoms with van der Waals surface area (Å²) in [5, 5.41) is 13.7. The zero-order chi connectivity index (χ0) is 30.1. The van der Waals surface area contributed by atoms with Crippen molar-refractivity contribution in [2.24, 2.45) is 17.2 Å². The Balaban J connectivity index is 0.000000614. The van der Waals surface area contributed by atoms with E-state index in [1.807, 2.05) is 19.9 Å². The maximum Gasteiger partial charge on any atom is 0.126 e. The average molecular weight is 561 g/mol. The highest BCUT2D eigenvalue weighted by molar-refractivity contribution is 5.52. The predicted molar refractivity (Wildman–Crippen MR) is 168 cm³/mol. The number of nitrogens with two attached hydrogens (primary N) is 3. The van der Waals surface area contributed by atoms with Gasteiger partial charge in [-0.25, -0.2) is 0 Å². The van der Waals surface area contributed by atoms with Crippen molar-refractivity contribution in [3.63, 3.8) is 0 Å². The second-order valence-electron chi connectivity index (χ2n) is 10.3. The molecule has 0 amide bonds. The fourth-order valence-electron chi connectivity index (χ4n) is 3.92. The van der Waals surface area contributed by atoms with Crippen LogP contribution in [0.25, 0.3) is 0 Å². The van der Waals surface area contributed by atoms with E-state index in [1.54, 1.807) is 20.3 Å².